The summed E-state index contributed by atoms with van der Waals surface area (Å²) in [5.41, 5.74) is -2.68. The smallest absolute Gasteiger partial charge is 0.336 e. The van der Waals surface area contributed by atoms with Crippen LogP contribution in [0.25, 0.3) is 0 Å². The van der Waals surface area contributed by atoms with Crippen LogP contribution in [0.2, 0.25) is 0 Å². The average Bonchev–Trinajstić information content (AvgIpc) is 2.73. The summed E-state index contributed by atoms with van der Waals surface area (Å²) in [6.45, 7) is 4.03. The monoisotopic (exact) mass is 565 g/mol. The Labute approximate surface area is 225 Å². The Bertz CT molecular complexity index is 912. The number of hydrogen-bond donors (Lipinski definition) is 3. The minimum atomic E-state index is -0.918. The van der Waals surface area contributed by atoms with Crippen molar-refractivity contribution in [2.75, 3.05) is 13.2 Å². The van der Waals surface area contributed by atoms with E-state index in [0.717, 1.165) is 13.7 Å². The summed E-state index contributed by atoms with van der Waals surface area (Å²) in [5.74, 6) is -1.14. The average molecular weight is 566 g/mol. The normalized spacial score (nSPS) is 13.6. The van der Waals surface area contributed by atoms with Gasteiger partial charge in [-0.15, -0.1) is 0 Å². The molecule has 0 aliphatic carbocycles. The number of nitrogens with zero attached hydrogens (tertiary/aromatic N) is 3. The molecule has 0 saturated carbocycles. The van der Waals surface area contributed by atoms with E-state index < -0.39 is 29.0 Å². The molecule has 1 aromatic heterocycles. The maximum atomic E-state index is 12.9. The summed E-state index contributed by atoms with van der Waals surface area (Å²) in [7, 11) is 0. The molecule has 14 heteroatoms. The van der Waals surface area contributed by atoms with Crippen LogP contribution in [-0.4, -0.2) is 60.4 Å². The van der Waals surface area contributed by atoms with Gasteiger partial charge in [0.1, 0.15) is 19.0 Å². The van der Waals surface area contributed by atoms with Crippen LogP contribution < -0.4 is 17.1 Å². The van der Waals surface area contributed by atoms with Crippen LogP contribution in [0.1, 0.15) is 52.9 Å². The summed E-state index contributed by atoms with van der Waals surface area (Å²) in [6.07, 6.45) is 0.702. The van der Waals surface area contributed by atoms with Gasteiger partial charge in [-0.3, -0.25) is 14.4 Å². The Morgan fingerprint density at radius 2 is 1.03 bits per heavy atom. The third-order valence-corrected chi connectivity index (χ3v) is 5.37. The van der Waals surface area contributed by atoms with Gasteiger partial charge in [0.05, 0.1) is 25.9 Å². The van der Waals surface area contributed by atoms with Gasteiger partial charge in [-0.05, 0) is 6.42 Å². The van der Waals surface area contributed by atoms with Crippen LogP contribution in [0.15, 0.2) is 14.4 Å². The van der Waals surface area contributed by atoms with Gasteiger partial charge >= 0.3 is 29.0 Å². The summed E-state index contributed by atoms with van der Waals surface area (Å²) in [4.78, 5) is 74.3. The second-order valence-electron chi connectivity index (χ2n) is 8.55. The van der Waals surface area contributed by atoms with E-state index in [0.29, 0.717) is 0 Å². The number of ether oxygens (including phenoxy) is 2. The van der Waals surface area contributed by atoms with E-state index in [1.807, 2.05) is 0 Å². The van der Waals surface area contributed by atoms with Gasteiger partial charge in [-0.1, -0.05) is 20.8 Å². The molecule has 0 amide bonds. The molecule has 0 aliphatic heterocycles. The van der Waals surface area contributed by atoms with Gasteiger partial charge in [0, 0.05) is 35.1 Å². The first-order valence-corrected chi connectivity index (χ1v) is 13.2. The fraction of sp³-hybridized carbons (Fsp3) is 0.727. The highest BCUT2D eigenvalue weighted by atomic mass is 32.1. The molecule has 1 heterocycles. The SMILES string of the molecule is CC(S)CC(=O)CCCn1c(=O)n(CCOC(=O)CC(C)S)c(=O)n(CCOC(=O)CC(C)S)c1=O. The molecule has 0 aliphatic rings. The predicted octanol–water partition coefficient (Wildman–Crippen LogP) is 0.733. The van der Waals surface area contributed by atoms with Gasteiger partial charge in [0.2, 0.25) is 0 Å². The first-order valence-electron chi connectivity index (χ1n) is 11.6. The van der Waals surface area contributed by atoms with E-state index in [1.165, 1.54) is 0 Å². The number of thiol groups is 3. The zero-order chi connectivity index (χ0) is 27.4. The lowest BCUT2D eigenvalue weighted by atomic mass is 10.1. The number of hydrogen-bond acceptors (Lipinski definition) is 11. The van der Waals surface area contributed by atoms with Crippen LogP contribution in [0.3, 0.4) is 0 Å². The number of carbonyl (C=O) groups excluding carboxylic acids is 3. The van der Waals surface area contributed by atoms with Crippen molar-refractivity contribution < 1.29 is 23.9 Å². The van der Waals surface area contributed by atoms with Crippen LogP contribution in [0.5, 0.6) is 0 Å². The fourth-order valence-electron chi connectivity index (χ4n) is 3.22. The Kier molecular flexibility index (Phi) is 14.3. The highest BCUT2D eigenvalue weighted by Crippen LogP contribution is 2.05. The molecule has 0 aromatic carbocycles. The first-order chi connectivity index (χ1) is 16.8. The topological polar surface area (TPSA) is 136 Å². The standard InChI is InChI=1S/C22H35N3O8S3/c1-14(34)11-17(26)5-4-6-23-20(29)24(7-9-32-18(27)12-15(2)35)22(31)25(21(23)30)8-10-33-19(28)13-16(3)36/h14-16,34-36H,4-13H2,1-3H3. The van der Waals surface area contributed by atoms with Crippen molar-refractivity contribution in [3.63, 3.8) is 0 Å². The Morgan fingerprint density at radius 3 is 1.39 bits per heavy atom. The lowest BCUT2D eigenvalue weighted by Crippen LogP contribution is -2.55. The molecule has 0 saturated heterocycles. The molecule has 0 N–H and O–H groups in total. The first kappa shape index (κ1) is 32.1. The van der Waals surface area contributed by atoms with Crippen molar-refractivity contribution in [1.82, 2.24) is 13.7 Å². The number of Topliss-reactive ketones (excluding diaryl/α,β-unsaturated/α-hetero) is 1. The van der Waals surface area contributed by atoms with E-state index in [4.69, 9.17) is 9.47 Å². The number of aromatic nitrogens is 3. The number of carbonyl (C=O) groups is 3. The van der Waals surface area contributed by atoms with E-state index in [1.54, 1.807) is 20.8 Å². The minimum Gasteiger partial charge on any atom is -0.464 e. The van der Waals surface area contributed by atoms with E-state index in [2.05, 4.69) is 37.9 Å². The van der Waals surface area contributed by atoms with Gasteiger partial charge in [0.25, 0.3) is 0 Å². The maximum absolute atomic E-state index is 12.9. The van der Waals surface area contributed by atoms with Crippen LogP contribution in [0, 0.1) is 0 Å². The van der Waals surface area contributed by atoms with Crippen LogP contribution >= 0.6 is 37.9 Å². The molecule has 0 radical (unpaired) electrons. The van der Waals surface area contributed by atoms with Gasteiger partial charge in [-0.25, -0.2) is 28.1 Å². The fourth-order valence-corrected chi connectivity index (χ4v) is 3.73. The maximum Gasteiger partial charge on any atom is 0.336 e. The molecular formula is C22H35N3O8S3. The lowest BCUT2D eigenvalue weighted by Gasteiger charge is -2.14. The Balaban J connectivity index is 3.13. The second kappa shape index (κ2) is 16.0. The predicted molar refractivity (Wildman–Crippen MR) is 145 cm³/mol. The zero-order valence-electron chi connectivity index (χ0n) is 20.8. The van der Waals surface area contributed by atoms with Crippen molar-refractivity contribution in [2.24, 2.45) is 0 Å². The van der Waals surface area contributed by atoms with E-state index in [-0.39, 0.29) is 86.5 Å². The molecule has 0 spiro atoms. The highest BCUT2D eigenvalue weighted by Gasteiger charge is 2.17. The van der Waals surface area contributed by atoms with Crippen molar-refractivity contribution in [3.05, 3.63) is 31.5 Å². The molecular weight excluding hydrogens is 530 g/mol. The third kappa shape index (κ3) is 11.4. The van der Waals surface area contributed by atoms with E-state index in [9.17, 15) is 28.8 Å². The van der Waals surface area contributed by atoms with Crippen molar-refractivity contribution >= 4 is 55.6 Å². The largest absolute Gasteiger partial charge is 0.464 e. The number of ketones is 1. The molecule has 3 unspecified atom stereocenters. The van der Waals surface area contributed by atoms with E-state index >= 15 is 0 Å². The molecule has 3 atom stereocenters. The molecule has 0 fully saturated rings. The molecule has 1 rings (SSSR count). The highest BCUT2D eigenvalue weighted by molar-refractivity contribution is 7.81. The summed E-state index contributed by atoms with van der Waals surface area (Å²) in [6, 6.07) is 0. The zero-order valence-corrected chi connectivity index (χ0v) is 23.4. The molecule has 1 aromatic rings. The quantitative estimate of drug-likeness (QED) is 0.197. The molecule has 0 bridgehead atoms. The summed E-state index contributed by atoms with van der Waals surface area (Å²) < 4.78 is 12.6. The number of rotatable bonds is 16. The Hall–Kier alpha value is -1.93. The third-order valence-electron chi connectivity index (χ3n) is 4.83. The van der Waals surface area contributed by atoms with Gasteiger partial charge in [-0.2, -0.15) is 37.9 Å². The van der Waals surface area contributed by atoms with Crippen LogP contribution in [-0.2, 0) is 43.5 Å². The van der Waals surface area contributed by atoms with Crippen molar-refractivity contribution in [3.8, 4) is 0 Å². The summed E-state index contributed by atoms with van der Waals surface area (Å²) >= 11 is 12.4. The van der Waals surface area contributed by atoms with Crippen LogP contribution in [0.4, 0.5) is 0 Å². The van der Waals surface area contributed by atoms with Gasteiger partial charge in [0.15, 0.2) is 0 Å². The Morgan fingerprint density at radius 1 is 0.667 bits per heavy atom. The molecule has 204 valence electrons. The molecule has 11 nitrogen and oxygen atoms in total. The minimum absolute atomic E-state index is 0.0525. The second-order valence-corrected chi connectivity index (χ2v) is 11.2. The summed E-state index contributed by atoms with van der Waals surface area (Å²) in [5, 5.41) is -0.553. The van der Waals surface area contributed by atoms with Crippen molar-refractivity contribution in [2.45, 2.75) is 88.3 Å². The lowest BCUT2D eigenvalue weighted by molar-refractivity contribution is -0.144. The van der Waals surface area contributed by atoms with Gasteiger partial charge < -0.3 is 9.47 Å². The number of esters is 2. The molecule has 36 heavy (non-hydrogen) atoms. The van der Waals surface area contributed by atoms with Crippen molar-refractivity contribution in [1.29, 1.82) is 0 Å².